The SMILES string of the molecule is CCOC(=O)C(N)C(=O)N(C)C(C)CC#N. The molecule has 0 rings (SSSR count). The molecule has 0 aliphatic rings. The average Bonchev–Trinajstić information content (AvgIpc) is 2.26. The molecule has 90 valence electrons. The van der Waals surface area contributed by atoms with Crippen molar-refractivity contribution in [3.8, 4) is 6.07 Å². The van der Waals surface area contributed by atoms with E-state index in [1.807, 2.05) is 6.07 Å². The maximum Gasteiger partial charge on any atom is 0.332 e. The molecule has 2 unspecified atom stereocenters. The molecule has 0 aromatic carbocycles. The number of ether oxygens (including phenoxy) is 1. The second-order valence-electron chi connectivity index (χ2n) is 3.39. The standard InChI is InChI=1S/C10H17N3O3/c1-4-16-10(15)8(12)9(14)13(3)7(2)5-6-11/h7-8H,4-5,12H2,1-3H3. The fraction of sp³-hybridized carbons (Fsp3) is 0.700. The van der Waals surface area contributed by atoms with Crippen LogP contribution in [0, 0.1) is 11.3 Å². The molecule has 6 heteroatoms. The van der Waals surface area contributed by atoms with Crippen molar-refractivity contribution in [3.63, 3.8) is 0 Å². The van der Waals surface area contributed by atoms with E-state index in [0.29, 0.717) is 0 Å². The first-order valence-corrected chi connectivity index (χ1v) is 5.01. The van der Waals surface area contributed by atoms with Crippen LogP contribution in [0.5, 0.6) is 0 Å². The van der Waals surface area contributed by atoms with Gasteiger partial charge < -0.3 is 15.4 Å². The zero-order valence-corrected chi connectivity index (χ0v) is 9.77. The molecule has 1 amide bonds. The summed E-state index contributed by atoms with van der Waals surface area (Å²) in [6.07, 6.45) is 0.192. The number of nitrogens with two attached hydrogens (primary N) is 1. The van der Waals surface area contributed by atoms with Gasteiger partial charge in [0.25, 0.3) is 5.91 Å². The fourth-order valence-electron chi connectivity index (χ4n) is 1.04. The molecular formula is C10H17N3O3. The highest BCUT2D eigenvalue weighted by Crippen LogP contribution is 2.03. The van der Waals surface area contributed by atoms with Crippen LogP contribution in [0.25, 0.3) is 0 Å². The molecule has 0 radical (unpaired) electrons. The normalized spacial score (nSPS) is 13.4. The molecule has 16 heavy (non-hydrogen) atoms. The van der Waals surface area contributed by atoms with Gasteiger partial charge in [0.05, 0.1) is 19.1 Å². The van der Waals surface area contributed by atoms with Crippen molar-refractivity contribution in [1.29, 1.82) is 5.26 Å². The van der Waals surface area contributed by atoms with Gasteiger partial charge in [-0.05, 0) is 13.8 Å². The van der Waals surface area contributed by atoms with Crippen molar-refractivity contribution in [2.75, 3.05) is 13.7 Å². The van der Waals surface area contributed by atoms with Gasteiger partial charge in [0, 0.05) is 13.1 Å². The maximum atomic E-state index is 11.7. The number of hydrogen-bond donors (Lipinski definition) is 1. The summed E-state index contributed by atoms with van der Waals surface area (Å²) in [5.74, 6) is -1.29. The van der Waals surface area contributed by atoms with Gasteiger partial charge in [-0.2, -0.15) is 5.26 Å². The van der Waals surface area contributed by atoms with Gasteiger partial charge in [0.1, 0.15) is 0 Å². The fourth-order valence-corrected chi connectivity index (χ4v) is 1.04. The summed E-state index contributed by atoms with van der Waals surface area (Å²) >= 11 is 0. The molecule has 0 heterocycles. The first-order valence-electron chi connectivity index (χ1n) is 5.01. The number of amides is 1. The van der Waals surface area contributed by atoms with Gasteiger partial charge in [0.2, 0.25) is 0 Å². The van der Waals surface area contributed by atoms with Crippen LogP contribution in [0.3, 0.4) is 0 Å². The van der Waals surface area contributed by atoms with Crippen LogP contribution in [0.4, 0.5) is 0 Å². The zero-order chi connectivity index (χ0) is 12.7. The highest BCUT2D eigenvalue weighted by molar-refractivity contribution is 6.01. The van der Waals surface area contributed by atoms with E-state index in [1.165, 1.54) is 11.9 Å². The Morgan fingerprint density at radius 3 is 2.56 bits per heavy atom. The summed E-state index contributed by atoms with van der Waals surface area (Å²) in [5, 5.41) is 8.49. The first-order chi connectivity index (χ1) is 7.45. The van der Waals surface area contributed by atoms with Crippen molar-refractivity contribution < 1.29 is 14.3 Å². The molecule has 0 saturated carbocycles. The number of carbonyl (C=O) groups excluding carboxylic acids is 2. The summed E-state index contributed by atoms with van der Waals surface area (Å²) < 4.78 is 4.64. The lowest BCUT2D eigenvalue weighted by Gasteiger charge is -2.25. The second-order valence-corrected chi connectivity index (χ2v) is 3.39. The Balaban J connectivity index is 4.43. The Hall–Kier alpha value is -1.61. The molecular weight excluding hydrogens is 210 g/mol. The van der Waals surface area contributed by atoms with Gasteiger partial charge in [-0.25, -0.2) is 4.79 Å². The van der Waals surface area contributed by atoms with E-state index in [2.05, 4.69) is 4.74 Å². The Kier molecular flexibility index (Phi) is 6.11. The van der Waals surface area contributed by atoms with Crippen LogP contribution >= 0.6 is 0 Å². The van der Waals surface area contributed by atoms with E-state index < -0.39 is 17.9 Å². The van der Waals surface area contributed by atoms with Crippen LogP contribution in [-0.4, -0.2) is 42.5 Å². The number of nitrogens with zero attached hydrogens (tertiary/aromatic N) is 2. The molecule has 0 aromatic rings. The third-order valence-corrected chi connectivity index (χ3v) is 2.20. The first kappa shape index (κ1) is 14.4. The number of esters is 1. The van der Waals surface area contributed by atoms with Gasteiger partial charge in [-0.3, -0.25) is 4.79 Å². The lowest BCUT2D eigenvalue weighted by molar-refractivity contribution is -0.151. The van der Waals surface area contributed by atoms with E-state index in [0.717, 1.165) is 0 Å². The second kappa shape index (κ2) is 6.80. The quantitative estimate of drug-likeness (QED) is 0.511. The number of carbonyl (C=O) groups is 2. The van der Waals surface area contributed by atoms with Gasteiger partial charge in [0.15, 0.2) is 6.04 Å². The minimum absolute atomic E-state index is 0.178. The minimum atomic E-state index is -1.31. The topological polar surface area (TPSA) is 96.4 Å². The van der Waals surface area contributed by atoms with E-state index >= 15 is 0 Å². The van der Waals surface area contributed by atoms with Crippen LogP contribution in [-0.2, 0) is 14.3 Å². The number of likely N-dealkylation sites (N-methyl/N-ethyl adjacent to an activating group) is 1. The van der Waals surface area contributed by atoms with Gasteiger partial charge in [-0.15, -0.1) is 0 Å². The van der Waals surface area contributed by atoms with Crippen molar-refractivity contribution in [3.05, 3.63) is 0 Å². The summed E-state index contributed by atoms with van der Waals surface area (Å²) in [6, 6.07) is 0.352. The molecule has 0 aliphatic heterocycles. The molecule has 0 fully saturated rings. The summed E-state index contributed by atoms with van der Waals surface area (Å²) in [7, 11) is 1.50. The van der Waals surface area contributed by atoms with Crippen LogP contribution in [0.15, 0.2) is 0 Å². The molecule has 2 N–H and O–H groups in total. The lowest BCUT2D eigenvalue weighted by atomic mass is 10.2. The number of nitriles is 1. The summed E-state index contributed by atoms with van der Waals surface area (Å²) in [5.41, 5.74) is 5.43. The van der Waals surface area contributed by atoms with Crippen LogP contribution < -0.4 is 5.73 Å². The molecule has 0 bridgehead atoms. The third-order valence-electron chi connectivity index (χ3n) is 2.20. The van der Waals surface area contributed by atoms with E-state index in [-0.39, 0.29) is 19.1 Å². The minimum Gasteiger partial charge on any atom is -0.464 e. The molecule has 0 spiro atoms. The predicted molar refractivity (Wildman–Crippen MR) is 57.1 cm³/mol. The summed E-state index contributed by atoms with van der Waals surface area (Å²) in [4.78, 5) is 24.2. The molecule has 0 aromatic heterocycles. The van der Waals surface area contributed by atoms with Gasteiger partial charge in [-0.1, -0.05) is 0 Å². The number of rotatable bonds is 5. The molecule has 0 aliphatic carbocycles. The zero-order valence-electron chi connectivity index (χ0n) is 9.77. The van der Waals surface area contributed by atoms with E-state index in [1.54, 1.807) is 13.8 Å². The van der Waals surface area contributed by atoms with Gasteiger partial charge >= 0.3 is 5.97 Å². The van der Waals surface area contributed by atoms with Crippen LogP contribution in [0.1, 0.15) is 20.3 Å². The van der Waals surface area contributed by atoms with Crippen molar-refractivity contribution >= 4 is 11.9 Å². The summed E-state index contributed by atoms with van der Waals surface area (Å²) in [6.45, 7) is 3.52. The predicted octanol–water partition coefficient (Wildman–Crippen LogP) is -0.363. The monoisotopic (exact) mass is 227 g/mol. The van der Waals surface area contributed by atoms with E-state index in [4.69, 9.17) is 11.0 Å². The Labute approximate surface area is 95.0 Å². The largest absolute Gasteiger partial charge is 0.464 e. The van der Waals surface area contributed by atoms with E-state index in [9.17, 15) is 9.59 Å². The van der Waals surface area contributed by atoms with Crippen molar-refractivity contribution in [1.82, 2.24) is 4.90 Å². The molecule has 0 saturated heterocycles. The van der Waals surface area contributed by atoms with Crippen molar-refractivity contribution in [2.45, 2.75) is 32.4 Å². The molecule has 2 atom stereocenters. The Bertz CT molecular complexity index is 298. The van der Waals surface area contributed by atoms with Crippen LogP contribution in [0.2, 0.25) is 0 Å². The third kappa shape index (κ3) is 3.87. The maximum absolute atomic E-state index is 11.7. The lowest BCUT2D eigenvalue weighted by Crippen LogP contribution is -2.50. The Morgan fingerprint density at radius 1 is 1.56 bits per heavy atom. The van der Waals surface area contributed by atoms with Crippen molar-refractivity contribution in [2.24, 2.45) is 5.73 Å². The highest BCUT2D eigenvalue weighted by atomic mass is 16.5. The highest BCUT2D eigenvalue weighted by Gasteiger charge is 2.28. The number of hydrogen-bond acceptors (Lipinski definition) is 5. The Morgan fingerprint density at radius 2 is 2.12 bits per heavy atom. The average molecular weight is 227 g/mol. The molecule has 6 nitrogen and oxygen atoms in total. The smallest absolute Gasteiger partial charge is 0.332 e.